The minimum absolute atomic E-state index is 0.00735. The maximum Gasteiger partial charge on any atom is 0.305 e. The fraction of sp³-hybridized carbons (Fsp3) is 0.800. The van der Waals surface area contributed by atoms with E-state index in [9.17, 15) is 9.59 Å². The van der Waals surface area contributed by atoms with E-state index in [4.69, 9.17) is 19.7 Å². The Labute approximate surface area is 94.2 Å². The van der Waals surface area contributed by atoms with Crippen molar-refractivity contribution in [3.63, 3.8) is 0 Å². The first-order valence-corrected chi connectivity index (χ1v) is 5.11. The molecular formula is C10H18O6. The molecule has 0 aromatic heterocycles. The van der Waals surface area contributed by atoms with Crippen LogP contribution in [-0.4, -0.2) is 48.6 Å². The van der Waals surface area contributed by atoms with Gasteiger partial charge >= 0.3 is 11.9 Å². The molecule has 0 aromatic carbocycles. The van der Waals surface area contributed by atoms with Crippen LogP contribution in [0.25, 0.3) is 0 Å². The van der Waals surface area contributed by atoms with Crippen molar-refractivity contribution in [2.45, 2.75) is 19.8 Å². The Morgan fingerprint density at radius 3 is 1.69 bits per heavy atom. The highest BCUT2D eigenvalue weighted by atomic mass is 16.5. The summed E-state index contributed by atoms with van der Waals surface area (Å²) < 4.78 is 10.2. The zero-order chi connectivity index (χ0) is 12.4. The summed E-state index contributed by atoms with van der Waals surface area (Å²) in [6.45, 7) is 3.10. The van der Waals surface area contributed by atoms with Gasteiger partial charge in [-0.25, -0.2) is 0 Å². The molecule has 0 bridgehead atoms. The molecule has 0 amide bonds. The van der Waals surface area contributed by atoms with Crippen LogP contribution < -0.4 is 0 Å². The molecule has 6 nitrogen and oxygen atoms in total. The van der Waals surface area contributed by atoms with E-state index in [-0.39, 0.29) is 32.0 Å². The van der Waals surface area contributed by atoms with Gasteiger partial charge in [0.25, 0.3) is 0 Å². The molecule has 0 aromatic rings. The van der Waals surface area contributed by atoms with Gasteiger partial charge < -0.3 is 19.7 Å². The highest BCUT2D eigenvalue weighted by molar-refractivity contribution is 5.66. The number of carboxylic acid groups (broad SMARTS) is 2. The molecule has 0 saturated heterocycles. The molecule has 94 valence electrons. The average Bonchev–Trinajstić information content (AvgIpc) is 2.19. The third kappa shape index (κ3) is 10.9. The molecule has 16 heavy (non-hydrogen) atoms. The molecule has 0 saturated carbocycles. The van der Waals surface area contributed by atoms with Gasteiger partial charge in [-0.15, -0.1) is 0 Å². The number of carboxylic acids is 2. The molecule has 0 spiro atoms. The first-order chi connectivity index (χ1) is 7.52. The van der Waals surface area contributed by atoms with E-state index in [1.54, 1.807) is 0 Å². The molecule has 0 atom stereocenters. The Balaban J connectivity index is 3.27. The molecule has 0 aliphatic heterocycles. The summed E-state index contributed by atoms with van der Waals surface area (Å²) in [5.41, 5.74) is 0. The van der Waals surface area contributed by atoms with E-state index >= 15 is 0 Å². The molecule has 0 rings (SSSR count). The Hall–Kier alpha value is -1.14. The monoisotopic (exact) mass is 234 g/mol. The highest BCUT2D eigenvalue weighted by Crippen LogP contribution is 1.98. The Kier molecular flexibility index (Phi) is 8.46. The fourth-order valence-electron chi connectivity index (χ4n) is 0.936. The summed E-state index contributed by atoms with van der Waals surface area (Å²) in [5, 5.41) is 16.7. The summed E-state index contributed by atoms with van der Waals surface area (Å²) in [6, 6.07) is 0. The molecular weight excluding hydrogens is 216 g/mol. The van der Waals surface area contributed by atoms with Crippen LogP contribution in [0, 0.1) is 5.92 Å². The topological polar surface area (TPSA) is 93.1 Å². The smallest absolute Gasteiger partial charge is 0.305 e. The number of hydrogen-bond donors (Lipinski definition) is 2. The van der Waals surface area contributed by atoms with Crippen molar-refractivity contribution in [2.24, 2.45) is 5.92 Å². The van der Waals surface area contributed by atoms with Gasteiger partial charge in [0.15, 0.2) is 0 Å². The summed E-state index contributed by atoms with van der Waals surface area (Å²) in [5.74, 6) is -1.64. The summed E-state index contributed by atoms with van der Waals surface area (Å²) >= 11 is 0. The van der Waals surface area contributed by atoms with E-state index in [1.807, 2.05) is 6.92 Å². The van der Waals surface area contributed by atoms with Gasteiger partial charge in [0.05, 0.1) is 39.3 Å². The first kappa shape index (κ1) is 14.9. The van der Waals surface area contributed by atoms with Crippen LogP contribution in [0.5, 0.6) is 0 Å². The molecule has 0 aliphatic carbocycles. The number of carbonyl (C=O) groups is 2. The van der Waals surface area contributed by atoms with Crippen LogP contribution in [-0.2, 0) is 19.1 Å². The maximum atomic E-state index is 10.2. The van der Waals surface area contributed by atoms with Crippen LogP contribution in [0.2, 0.25) is 0 Å². The lowest BCUT2D eigenvalue weighted by molar-refractivity contribution is -0.139. The third-order valence-corrected chi connectivity index (χ3v) is 1.73. The molecule has 0 unspecified atom stereocenters. The quantitative estimate of drug-likeness (QED) is 0.538. The van der Waals surface area contributed by atoms with Gasteiger partial charge in [0.2, 0.25) is 0 Å². The van der Waals surface area contributed by atoms with E-state index in [2.05, 4.69) is 0 Å². The van der Waals surface area contributed by atoms with Gasteiger partial charge in [-0.05, 0) is 0 Å². The van der Waals surface area contributed by atoms with Crippen molar-refractivity contribution in [3.8, 4) is 0 Å². The molecule has 0 aliphatic rings. The molecule has 6 heteroatoms. The zero-order valence-corrected chi connectivity index (χ0v) is 9.35. The van der Waals surface area contributed by atoms with Crippen LogP contribution in [0.3, 0.4) is 0 Å². The molecule has 0 radical (unpaired) electrons. The van der Waals surface area contributed by atoms with E-state index in [0.29, 0.717) is 13.2 Å². The minimum Gasteiger partial charge on any atom is -0.481 e. The van der Waals surface area contributed by atoms with Crippen molar-refractivity contribution in [1.29, 1.82) is 0 Å². The van der Waals surface area contributed by atoms with Gasteiger partial charge in [0, 0.05) is 5.92 Å². The highest BCUT2D eigenvalue weighted by Gasteiger charge is 2.04. The Bertz CT molecular complexity index is 193. The first-order valence-electron chi connectivity index (χ1n) is 5.11. The maximum absolute atomic E-state index is 10.2. The average molecular weight is 234 g/mol. The SMILES string of the molecule is CC(COCCC(=O)O)COCCC(=O)O. The van der Waals surface area contributed by atoms with E-state index < -0.39 is 11.9 Å². The van der Waals surface area contributed by atoms with Crippen molar-refractivity contribution in [3.05, 3.63) is 0 Å². The van der Waals surface area contributed by atoms with Gasteiger partial charge in [-0.3, -0.25) is 9.59 Å². The van der Waals surface area contributed by atoms with Crippen LogP contribution in [0.4, 0.5) is 0 Å². The molecule has 0 heterocycles. The number of rotatable bonds is 10. The van der Waals surface area contributed by atoms with Crippen molar-refractivity contribution in [2.75, 3.05) is 26.4 Å². The van der Waals surface area contributed by atoms with E-state index in [1.165, 1.54) is 0 Å². The van der Waals surface area contributed by atoms with Crippen molar-refractivity contribution >= 4 is 11.9 Å². The number of aliphatic carboxylic acids is 2. The standard InChI is InChI=1S/C10H18O6/c1-8(6-15-4-2-9(11)12)7-16-5-3-10(13)14/h8H,2-7H2,1H3,(H,11,12)(H,13,14). The normalized spacial score (nSPS) is 10.6. The second-order valence-electron chi connectivity index (χ2n) is 3.54. The predicted molar refractivity (Wildman–Crippen MR) is 55.3 cm³/mol. The second-order valence-corrected chi connectivity index (χ2v) is 3.54. The molecule has 0 fully saturated rings. The molecule has 2 N–H and O–H groups in total. The van der Waals surface area contributed by atoms with Crippen LogP contribution in [0.1, 0.15) is 19.8 Å². The van der Waals surface area contributed by atoms with Crippen LogP contribution >= 0.6 is 0 Å². The van der Waals surface area contributed by atoms with Gasteiger partial charge in [0.1, 0.15) is 0 Å². The predicted octanol–water partition coefficient (Wildman–Crippen LogP) is 0.605. The largest absolute Gasteiger partial charge is 0.481 e. The summed E-state index contributed by atoms with van der Waals surface area (Å²) in [7, 11) is 0. The van der Waals surface area contributed by atoms with Gasteiger partial charge in [-0.2, -0.15) is 0 Å². The Morgan fingerprint density at radius 2 is 1.38 bits per heavy atom. The third-order valence-electron chi connectivity index (χ3n) is 1.73. The minimum atomic E-state index is -0.884. The van der Waals surface area contributed by atoms with Crippen molar-refractivity contribution in [1.82, 2.24) is 0 Å². The lowest BCUT2D eigenvalue weighted by atomic mass is 10.2. The fourth-order valence-corrected chi connectivity index (χ4v) is 0.936. The number of hydrogen-bond acceptors (Lipinski definition) is 4. The lowest BCUT2D eigenvalue weighted by Crippen LogP contribution is -2.15. The van der Waals surface area contributed by atoms with Crippen LogP contribution in [0.15, 0.2) is 0 Å². The summed E-state index contributed by atoms with van der Waals surface area (Å²) in [6.07, 6.45) is -0.0147. The number of ether oxygens (including phenoxy) is 2. The summed E-state index contributed by atoms with van der Waals surface area (Å²) in [4.78, 5) is 20.3. The lowest BCUT2D eigenvalue weighted by Gasteiger charge is -2.11. The van der Waals surface area contributed by atoms with Gasteiger partial charge in [-0.1, -0.05) is 6.92 Å². The Morgan fingerprint density at radius 1 is 1.00 bits per heavy atom. The van der Waals surface area contributed by atoms with Crippen molar-refractivity contribution < 1.29 is 29.3 Å². The zero-order valence-electron chi connectivity index (χ0n) is 9.35. The van der Waals surface area contributed by atoms with E-state index in [0.717, 1.165) is 0 Å². The second kappa shape index (κ2) is 9.11.